The number of fused-ring (bicyclic) bond motifs is 1. The number of aromatic nitrogens is 2. The Kier molecular flexibility index (Phi) is 6.98. The number of hydrogen-bond acceptors (Lipinski definition) is 7. The maximum atomic E-state index is 12.4. The summed E-state index contributed by atoms with van der Waals surface area (Å²) in [7, 11) is 1.40. The number of imidazole rings is 1. The van der Waals surface area contributed by atoms with Crippen LogP contribution in [0.3, 0.4) is 0 Å². The molecule has 0 aliphatic rings. The number of nitrogens with one attached hydrogen (secondary N) is 3. The monoisotopic (exact) mass is 443 g/mol. The van der Waals surface area contributed by atoms with Crippen LogP contribution in [-0.4, -0.2) is 40.7 Å². The Morgan fingerprint density at radius 1 is 1.29 bits per heavy atom. The third kappa shape index (κ3) is 5.25. The first-order valence-electron chi connectivity index (χ1n) is 9.47. The number of H-pyrrole nitrogens is 2. The van der Waals surface area contributed by atoms with Crippen LogP contribution < -0.4 is 14.9 Å². The molecular formula is C20H21N5O5S. The highest BCUT2D eigenvalue weighted by Gasteiger charge is 2.22. The number of aromatic amines is 2. The summed E-state index contributed by atoms with van der Waals surface area (Å²) < 4.78 is 11.3. The lowest BCUT2D eigenvalue weighted by Gasteiger charge is -2.11. The van der Waals surface area contributed by atoms with Crippen LogP contribution >= 0.6 is 12.2 Å². The van der Waals surface area contributed by atoms with Crippen molar-refractivity contribution in [3.63, 3.8) is 0 Å². The van der Waals surface area contributed by atoms with Crippen molar-refractivity contribution in [1.82, 2.24) is 15.4 Å². The lowest BCUT2D eigenvalue weighted by atomic mass is 10.2. The summed E-state index contributed by atoms with van der Waals surface area (Å²) in [5.74, 6) is -0.162. The minimum atomic E-state index is -0.546. The molecule has 31 heavy (non-hydrogen) atoms. The van der Waals surface area contributed by atoms with Crippen LogP contribution in [0.4, 0.5) is 5.69 Å². The molecule has 162 valence electrons. The van der Waals surface area contributed by atoms with Gasteiger partial charge in [-0.05, 0) is 42.9 Å². The molecule has 2 aromatic carbocycles. The molecule has 0 spiro atoms. The number of carbonyl (C=O) groups excluding carboxylic acids is 1. The number of nitro groups is 1. The fraction of sp³-hybridized carbons (Fsp3) is 0.250. The second-order valence-corrected chi connectivity index (χ2v) is 6.98. The molecule has 1 heterocycles. The molecule has 0 saturated carbocycles. The standard InChI is InChI=1S/C20H21N5O5S/c1-3-4-7-30-18-16(25(27)28)8-12(9-17(18)29-2)11-21-24-19(26)13-5-6-14-15(10-13)23-20(31)22-14/h5-6,8-11H,3-4,7H2,1-2H3,(H,24,26)(H2,22,23,31)/b21-11-. The Hall–Kier alpha value is -3.73. The first-order chi connectivity index (χ1) is 14.9. The summed E-state index contributed by atoms with van der Waals surface area (Å²) in [4.78, 5) is 29.2. The molecule has 1 amide bonds. The fourth-order valence-electron chi connectivity index (χ4n) is 2.84. The zero-order chi connectivity index (χ0) is 22.4. The van der Waals surface area contributed by atoms with Crippen molar-refractivity contribution in [2.75, 3.05) is 13.7 Å². The molecule has 0 radical (unpaired) electrons. The van der Waals surface area contributed by atoms with E-state index in [4.69, 9.17) is 21.7 Å². The van der Waals surface area contributed by atoms with Crippen molar-refractivity contribution in [2.24, 2.45) is 5.10 Å². The van der Waals surface area contributed by atoms with Crippen molar-refractivity contribution >= 4 is 41.1 Å². The highest BCUT2D eigenvalue weighted by atomic mass is 32.1. The Morgan fingerprint density at radius 2 is 2.06 bits per heavy atom. The number of methoxy groups -OCH3 is 1. The van der Waals surface area contributed by atoms with Crippen LogP contribution in [0.2, 0.25) is 0 Å². The number of unbranched alkanes of at least 4 members (excludes halogenated alkanes) is 1. The smallest absolute Gasteiger partial charge is 0.315 e. The van der Waals surface area contributed by atoms with Gasteiger partial charge in [0, 0.05) is 17.2 Å². The van der Waals surface area contributed by atoms with Crippen molar-refractivity contribution in [3.05, 3.63) is 56.3 Å². The van der Waals surface area contributed by atoms with Gasteiger partial charge < -0.3 is 19.4 Å². The van der Waals surface area contributed by atoms with E-state index in [0.717, 1.165) is 18.4 Å². The van der Waals surface area contributed by atoms with Gasteiger partial charge in [-0.1, -0.05) is 13.3 Å². The van der Waals surface area contributed by atoms with Gasteiger partial charge in [-0.15, -0.1) is 0 Å². The van der Waals surface area contributed by atoms with E-state index in [-0.39, 0.29) is 17.2 Å². The molecule has 0 bridgehead atoms. The largest absolute Gasteiger partial charge is 0.493 e. The molecule has 0 unspecified atom stereocenters. The average molecular weight is 443 g/mol. The molecule has 0 saturated heterocycles. The van der Waals surface area contributed by atoms with E-state index in [1.807, 2.05) is 6.92 Å². The molecule has 3 aromatic rings. The van der Waals surface area contributed by atoms with Gasteiger partial charge in [-0.25, -0.2) is 5.43 Å². The van der Waals surface area contributed by atoms with Gasteiger partial charge >= 0.3 is 5.69 Å². The zero-order valence-corrected chi connectivity index (χ0v) is 17.7. The van der Waals surface area contributed by atoms with E-state index in [0.29, 0.717) is 28.0 Å². The molecule has 11 heteroatoms. The zero-order valence-electron chi connectivity index (χ0n) is 16.9. The van der Waals surface area contributed by atoms with E-state index in [1.54, 1.807) is 24.3 Å². The number of hydrazone groups is 1. The highest BCUT2D eigenvalue weighted by Crippen LogP contribution is 2.38. The van der Waals surface area contributed by atoms with Crippen molar-refractivity contribution < 1.29 is 19.2 Å². The van der Waals surface area contributed by atoms with Crippen LogP contribution in [0.25, 0.3) is 11.0 Å². The van der Waals surface area contributed by atoms with Crippen LogP contribution in [0.1, 0.15) is 35.7 Å². The maximum absolute atomic E-state index is 12.4. The Labute approximate surface area is 182 Å². The van der Waals surface area contributed by atoms with Crippen LogP contribution in [-0.2, 0) is 0 Å². The molecule has 3 rings (SSSR count). The van der Waals surface area contributed by atoms with Crippen LogP contribution in [0, 0.1) is 14.9 Å². The highest BCUT2D eigenvalue weighted by molar-refractivity contribution is 7.71. The first-order valence-corrected chi connectivity index (χ1v) is 9.88. The number of benzene rings is 2. The van der Waals surface area contributed by atoms with Crippen molar-refractivity contribution in [3.8, 4) is 11.5 Å². The number of ether oxygens (including phenoxy) is 2. The number of nitrogens with zero attached hydrogens (tertiary/aromatic N) is 2. The summed E-state index contributed by atoms with van der Waals surface area (Å²) in [5.41, 5.74) is 4.38. The van der Waals surface area contributed by atoms with Gasteiger partial charge in [0.05, 0.1) is 35.9 Å². The van der Waals surface area contributed by atoms with Gasteiger partial charge in [0.2, 0.25) is 5.75 Å². The molecule has 0 fully saturated rings. The lowest BCUT2D eigenvalue weighted by molar-refractivity contribution is -0.386. The van der Waals surface area contributed by atoms with Crippen molar-refractivity contribution in [1.29, 1.82) is 0 Å². The topological polar surface area (TPSA) is 135 Å². The Balaban J connectivity index is 1.78. The maximum Gasteiger partial charge on any atom is 0.315 e. The average Bonchev–Trinajstić information content (AvgIpc) is 3.13. The van der Waals surface area contributed by atoms with Crippen LogP contribution in [0.15, 0.2) is 35.4 Å². The number of carbonyl (C=O) groups is 1. The van der Waals surface area contributed by atoms with Gasteiger partial charge in [0.25, 0.3) is 5.91 Å². The first kappa shape index (κ1) is 22.0. The quantitative estimate of drug-likeness (QED) is 0.150. The summed E-state index contributed by atoms with van der Waals surface area (Å²) in [6, 6.07) is 7.86. The van der Waals surface area contributed by atoms with E-state index in [9.17, 15) is 14.9 Å². The molecule has 10 nitrogen and oxygen atoms in total. The second-order valence-electron chi connectivity index (χ2n) is 6.57. The molecule has 0 atom stereocenters. The summed E-state index contributed by atoms with van der Waals surface area (Å²) in [5, 5.41) is 15.4. The number of hydrogen-bond donors (Lipinski definition) is 3. The normalized spacial score (nSPS) is 11.0. The number of amides is 1. The molecule has 1 aromatic heterocycles. The van der Waals surface area contributed by atoms with E-state index >= 15 is 0 Å². The molecule has 0 aliphatic heterocycles. The molecular weight excluding hydrogens is 422 g/mol. The molecule has 0 aliphatic carbocycles. The lowest BCUT2D eigenvalue weighted by Crippen LogP contribution is -2.17. The van der Waals surface area contributed by atoms with Gasteiger partial charge in [0.1, 0.15) is 0 Å². The predicted molar refractivity (Wildman–Crippen MR) is 119 cm³/mol. The number of rotatable bonds is 9. The van der Waals surface area contributed by atoms with Gasteiger partial charge in [-0.3, -0.25) is 14.9 Å². The minimum Gasteiger partial charge on any atom is -0.493 e. The van der Waals surface area contributed by atoms with Gasteiger partial charge in [-0.2, -0.15) is 5.10 Å². The summed E-state index contributed by atoms with van der Waals surface area (Å²) in [6.07, 6.45) is 2.95. The Morgan fingerprint density at radius 3 is 2.77 bits per heavy atom. The van der Waals surface area contributed by atoms with Crippen molar-refractivity contribution in [2.45, 2.75) is 19.8 Å². The SMILES string of the molecule is CCCCOc1c(OC)cc(/C=N\NC(=O)c2ccc3[nH]c(=S)[nH]c3c2)cc1[N+](=O)[O-]. The van der Waals surface area contributed by atoms with Crippen LogP contribution in [0.5, 0.6) is 11.5 Å². The van der Waals surface area contributed by atoms with Gasteiger partial charge in [0.15, 0.2) is 10.5 Å². The second kappa shape index (κ2) is 9.85. The van der Waals surface area contributed by atoms with E-state index in [2.05, 4.69) is 20.5 Å². The minimum absolute atomic E-state index is 0.0688. The molecule has 3 N–H and O–H groups in total. The third-order valence-electron chi connectivity index (χ3n) is 4.38. The van der Waals surface area contributed by atoms with E-state index < -0.39 is 10.8 Å². The summed E-state index contributed by atoms with van der Waals surface area (Å²) in [6.45, 7) is 2.33. The summed E-state index contributed by atoms with van der Waals surface area (Å²) >= 11 is 5.03. The third-order valence-corrected chi connectivity index (χ3v) is 4.58. The Bertz CT molecular complexity index is 1200. The fourth-order valence-corrected chi connectivity index (χ4v) is 3.06. The van der Waals surface area contributed by atoms with E-state index in [1.165, 1.54) is 19.4 Å². The predicted octanol–water partition coefficient (Wildman–Crippen LogP) is 4.09. The number of nitro benzene ring substituents is 1.